The molecule has 0 spiro atoms. The van der Waals surface area contributed by atoms with Crippen LogP contribution in [-0.4, -0.2) is 27.7 Å². The number of benzene rings is 1. The fourth-order valence-corrected chi connectivity index (χ4v) is 1.72. The molecule has 0 saturated heterocycles. The van der Waals surface area contributed by atoms with Crippen LogP contribution in [-0.2, 0) is 6.54 Å². The maximum Gasteiger partial charge on any atom is 0.354 e. The number of para-hydroxylation sites is 2. The van der Waals surface area contributed by atoms with E-state index >= 15 is 0 Å². The lowest BCUT2D eigenvalue weighted by Crippen LogP contribution is -2.08. The second kappa shape index (κ2) is 5.43. The predicted molar refractivity (Wildman–Crippen MR) is 67.9 cm³/mol. The van der Waals surface area contributed by atoms with Gasteiger partial charge in [-0.15, -0.1) is 0 Å². The molecule has 2 aromatic rings. The molecule has 2 rings (SSSR count). The lowest BCUT2D eigenvalue weighted by atomic mass is 10.3. The van der Waals surface area contributed by atoms with Gasteiger partial charge in [0.1, 0.15) is 5.69 Å². The summed E-state index contributed by atoms with van der Waals surface area (Å²) >= 11 is 0. The van der Waals surface area contributed by atoms with E-state index in [1.807, 2.05) is 13.0 Å². The zero-order valence-electron chi connectivity index (χ0n) is 10.7. The maximum absolute atomic E-state index is 11.0. The number of carboxylic acids is 1. The van der Waals surface area contributed by atoms with Crippen molar-refractivity contribution >= 4 is 5.97 Å². The van der Waals surface area contributed by atoms with Crippen LogP contribution in [0, 0.1) is 0 Å². The van der Waals surface area contributed by atoms with Gasteiger partial charge in [0.2, 0.25) is 0 Å². The number of ether oxygens (including phenoxy) is 2. The standard InChI is InChI=1S/C13H14N2O4/c1-3-15-9(12(16)17)8-14-13(15)19-11-7-5-4-6-10(11)18-2/h4-8H,3H2,1-2H3,(H,16,17). The van der Waals surface area contributed by atoms with E-state index in [0.717, 1.165) is 0 Å². The zero-order chi connectivity index (χ0) is 13.8. The van der Waals surface area contributed by atoms with Gasteiger partial charge in [-0.1, -0.05) is 12.1 Å². The first-order valence-corrected chi connectivity index (χ1v) is 5.77. The summed E-state index contributed by atoms with van der Waals surface area (Å²) < 4.78 is 12.3. The molecule has 1 aromatic carbocycles. The average Bonchev–Trinajstić information content (AvgIpc) is 2.82. The highest BCUT2D eigenvalue weighted by Crippen LogP contribution is 2.30. The highest BCUT2D eigenvalue weighted by molar-refractivity contribution is 5.85. The second-order valence-corrected chi connectivity index (χ2v) is 3.73. The van der Waals surface area contributed by atoms with Crippen LogP contribution in [0.4, 0.5) is 0 Å². The van der Waals surface area contributed by atoms with E-state index in [1.165, 1.54) is 17.9 Å². The van der Waals surface area contributed by atoms with E-state index in [0.29, 0.717) is 18.0 Å². The van der Waals surface area contributed by atoms with Crippen LogP contribution in [0.5, 0.6) is 17.5 Å². The lowest BCUT2D eigenvalue weighted by molar-refractivity contribution is 0.0684. The summed E-state index contributed by atoms with van der Waals surface area (Å²) in [5, 5.41) is 9.04. The van der Waals surface area contributed by atoms with Gasteiger partial charge in [0.05, 0.1) is 13.3 Å². The monoisotopic (exact) mass is 262 g/mol. The topological polar surface area (TPSA) is 73.6 Å². The Kier molecular flexibility index (Phi) is 3.70. The highest BCUT2D eigenvalue weighted by Gasteiger charge is 2.17. The van der Waals surface area contributed by atoms with Crippen LogP contribution >= 0.6 is 0 Å². The van der Waals surface area contributed by atoms with Crippen molar-refractivity contribution in [1.29, 1.82) is 0 Å². The van der Waals surface area contributed by atoms with Gasteiger partial charge in [-0.2, -0.15) is 0 Å². The maximum atomic E-state index is 11.0. The first kappa shape index (κ1) is 12.9. The van der Waals surface area contributed by atoms with E-state index in [1.54, 1.807) is 18.2 Å². The average molecular weight is 262 g/mol. The summed E-state index contributed by atoms with van der Waals surface area (Å²) in [7, 11) is 1.54. The van der Waals surface area contributed by atoms with Crippen molar-refractivity contribution in [2.45, 2.75) is 13.5 Å². The predicted octanol–water partition coefficient (Wildman–Crippen LogP) is 2.40. The van der Waals surface area contributed by atoms with Gasteiger partial charge in [-0.05, 0) is 19.1 Å². The fraction of sp³-hybridized carbons (Fsp3) is 0.231. The number of imidazole rings is 1. The summed E-state index contributed by atoms with van der Waals surface area (Å²) in [6.45, 7) is 2.27. The van der Waals surface area contributed by atoms with Crippen molar-refractivity contribution in [1.82, 2.24) is 9.55 Å². The van der Waals surface area contributed by atoms with Gasteiger partial charge < -0.3 is 14.6 Å². The number of aromatic carboxylic acids is 1. The Hall–Kier alpha value is -2.50. The Morgan fingerprint density at radius 1 is 1.37 bits per heavy atom. The number of carboxylic acid groups (broad SMARTS) is 1. The highest BCUT2D eigenvalue weighted by atomic mass is 16.5. The van der Waals surface area contributed by atoms with E-state index in [-0.39, 0.29) is 11.7 Å². The molecule has 0 unspecified atom stereocenters. The molecule has 0 aliphatic rings. The summed E-state index contributed by atoms with van der Waals surface area (Å²) in [5.41, 5.74) is 0.0902. The Morgan fingerprint density at radius 3 is 2.63 bits per heavy atom. The minimum absolute atomic E-state index is 0.0902. The zero-order valence-corrected chi connectivity index (χ0v) is 10.7. The largest absolute Gasteiger partial charge is 0.493 e. The first-order chi connectivity index (χ1) is 9.17. The second-order valence-electron chi connectivity index (χ2n) is 3.73. The molecule has 100 valence electrons. The number of hydrogen-bond acceptors (Lipinski definition) is 4. The molecule has 0 atom stereocenters. The van der Waals surface area contributed by atoms with Crippen molar-refractivity contribution in [3.05, 3.63) is 36.2 Å². The van der Waals surface area contributed by atoms with Gasteiger partial charge in [-0.3, -0.25) is 4.57 Å². The Balaban J connectivity index is 2.36. The van der Waals surface area contributed by atoms with Crippen LogP contribution in [0.15, 0.2) is 30.5 Å². The lowest BCUT2D eigenvalue weighted by Gasteiger charge is -2.10. The smallest absolute Gasteiger partial charge is 0.354 e. The number of carbonyl (C=O) groups is 1. The normalized spacial score (nSPS) is 10.2. The quantitative estimate of drug-likeness (QED) is 0.895. The third kappa shape index (κ3) is 2.52. The van der Waals surface area contributed by atoms with Crippen molar-refractivity contribution in [2.24, 2.45) is 0 Å². The third-order valence-electron chi connectivity index (χ3n) is 2.62. The molecule has 1 aromatic heterocycles. The fourth-order valence-electron chi connectivity index (χ4n) is 1.72. The van der Waals surface area contributed by atoms with Gasteiger partial charge in [-0.25, -0.2) is 9.78 Å². The number of rotatable bonds is 5. The van der Waals surface area contributed by atoms with Crippen LogP contribution in [0.1, 0.15) is 17.4 Å². The molecule has 0 bridgehead atoms. The summed E-state index contributed by atoms with van der Waals surface area (Å²) in [5.74, 6) is 0.0106. The van der Waals surface area contributed by atoms with Crippen molar-refractivity contribution < 1.29 is 19.4 Å². The molecule has 0 fully saturated rings. The van der Waals surface area contributed by atoms with Crippen LogP contribution in [0.25, 0.3) is 0 Å². The minimum atomic E-state index is -1.04. The van der Waals surface area contributed by atoms with Crippen molar-refractivity contribution in [2.75, 3.05) is 7.11 Å². The van der Waals surface area contributed by atoms with E-state index in [9.17, 15) is 4.79 Å². The number of aromatic nitrogens is 2. The summed E-state index contributed by atoms with van der Waals surface area (Å²) in [6, 6.07) is 7.33. The molecular weight excluding hydrogens is 248 g/mol. The van der Waals surface area contributed by atoms with Crippen LogP contribution in [0.2, 0.25) is 0 Å². The molecule has 0 saturated carbocycles. The number of methoxy groups -OCH3 is 1. The van der Waals surface area contributed by atoms with Crippen molar-refractivity contribution in [3.8, 4) is 17.5 Å². The van der Waals surface area contributed by atoms with Gasteiger partial charge in [0.15, 0.2) is 11.5 Å². The molecule has 0 aliphatic carbocycles. The Labute approximate surface area is 110 Å². The molecule has 1 N–H and O–H groups in total. The minimum Gasteiger partial charge on any atom is -0.493 e. The van der Waals surface area contributed by atoms with Gasteiger partial charge in [0.25, 0.3) is 0 Å². The van der Waals surface area contributed by atoms with E-state index < -0.39 is 5.97 Å². The Morgan fingerprint density at radius 2 is 2.05 bits per heavy atom. The molecule has 6 heteroatoms. The number of hydrogen-bond donors (Lipinski definition) is 1. The third-order valence-corrected chi connectivity index (χ3v) is 2.62. The van der Waals surface area contributed by atoms with E-state index in [4.69, 9.17) is 14.6 Å². The van der Waals surface area contributed by atoms with E-state index in [2.05, 4.69) is 4.98 Å². The first-order valence-electron chi connectivity index (χ1n) is 5.77. The molecule has 0 amide bonds. The molecule has 0 aliphatic heterocycles. The molecule has 1 heterocycles. The molecule has 19 heavy (non-hydrogen) atoms. The molecular formula is C13H14N2O4. The summed E-state index contributed by atoms with van der Waals surface area (Å²) in [6.07, 6.45) is 1.27. The van der Waals surface area contributed by atoms with Gasteiger partial charge >= 0.3 is 12.0 Å². The van der Waals surface area contributed by atoms with Gasteiger partial charge in [0, 0.05) is 6.54 Å². The summed E-state index contributed by atoms with van der Waals surface area (Å²) in [4.78, 5) is 15.0. The van der Waals surface area contributed by atoms with Crippen LogP contribution < -0.4 is 9.47 Å². The van der Waals surface area contributed by atoms with Crippen molar-refractivity contribution in [3.63, 3.8) is 0 Å². The molecule has 6 nitrogen and oxygen atoms in total. The Bertz CT molecular complexity index is 592. The SMILES string of the molecule is CCn1c(C(=O)O)cnc1Oc1ccccc1OC. The van der Waals surface area contributed by atoms with Crippen LogP contribution in [0.3, 0.4) is 0 Å². The molecule has 0 radical (unpaired) electrons. The number of nitrogens with zero attached hydrogens (tertiary/aromatic N) is 2.